The normalized spacial score (nSPS) is 12.2. The second kappa shape index (κ2) is 5.83. The highest BCUT2D eigenvalue weighted by molar-refractivity contribution is 6.34. The van der Waals surface area contributed by atoms with Gasteiger partial charge in [0.2, 0.25) is 0 Å². The highest BCUT2D eigenvalue weighted by Gasteiger charge is 2.15. The highest BCUT2D eigenvalue weighted by Crippen LogP contribution is 2.43. The molecular weight excluding hydrogens is 376 g/mol. The largest absolute Gasteiger partial charge is 0.331 e. The van der Waals surface area contributed by atoms with Crippen LogP contribution < -0.4 is 0 Å². The summed E-state index contributed by atoms with van der Waals surface area (Å²) in [6.45, 7) is 2.06. The van der Waals surface area contributed by atoms with Gasteiger partial charge in [0.05, 0.1) is 11.0 Å². The zero-order chi connectivity index (χ0) is 20.7. The lowest BCUT2D eigenvalue weighted by Gasteiger charge is -2.16. The van der Waals surface area contributed by atoms with Crippen molar-refractivity contribution in [2.75, 3.05) is 0 Å². The van der Waals surface area contributed by atoms with E-state index in [0.717, 1.165) is 11.3 Å². The van der Waals surface area contributed by atoms with Crippen LogP contribution >= 0.6 is 0 Å². The van der Waals surface area contributed by atoms with Crippen molar-refractivity contribution in [3.05, 3.63) is 90.8 Å². The van der Waals surface area contributed by atoms with E-state index >= 15 is 0 Å². The topological polar surface area (TPSA) is 17.8 Å². The van der Waals surface area contributed by atoms with Gasteiger partial charge in [0.25, 0.3) is 0 Å². The summed E-state index contributed by atoms with van der Waals surface area (Å²) < 4.78 is 2.15. The van der Waals surface area contributed by atoms with Crippen molar-refractivity contribution in [3.8, 4) is 11.1 Å². The third-order valence-electron chi connectivity index (χ3n) is 6.94. The molecule has 0 spiro atoms. The van der Waals surface area contributed by atoms with Gasteiger partial charge in [-0.15, -0.1) is 0 Å². The molecule has 0 aliphatic rings. The Morgan fingerprint density at radius 3 is 2.06 bits per heavy atom. The third kappa shape index (κ3) is 2.14. The van der Waals surface area contributed by atoms with Gasteiger partial charge in [-0.05, 0) is 73.3 Å². The van der Waals surface area contributed by atoms with Gasteiger partial charge in [0.15, 0.2) is 0 Å². The monoisotopic (exact) mass is 396 g/mol. The van der Waals surface area contributed by atoms with Crippen LogP contribution in [0.2, 0.25) is 0 Å². The van der Waals surface area contributed by atoms with Crippen LogP contribution in [0.25, 0.3) is 65.3 Å². The SMILES string of the molecule is Cc1nc2cc(-c3ccc4c5cccc6cccc(c7cccc3c74)c65)ccc2n1C. The first-order valence-corrected chi connectivity index (χ1v) is 10.7. The first kappa shape index (κ1) is 16.8. The molecule has 0 saturated carbocycles. The van der Waals surface area contributed by atoms with E-state index in [1.54, 1.807) is 0 Å². The van der Waals surface area contributed by atoms with Crippen LogP contribution in [0.4, 0.5) is 0 Å². The number of hydrogen-bond acceptors (Lipinski definition) is 1. The molecule has 0 unspecified atom stereocenters. The number of nitrogens with zero attached hydrogens (tertiary/aromatic N) is 2. The lowest BCUT2D eigenvalue weighted by Crippen LogP contribution is -1.90. The molecule has 0 saturated heterocycles. The standard InChI is InChI=1S/C29H20N2/c1-17-30-26-16-19(12-15-27(26)31(17)2)20-13-14-25-23-9-4-7-18-6-3-8-22(28(18)23)24-11-5-10-21(20)29(24)25/h3-16H,1-2H3. The molecule has 2 heteroatoms. The van der Waals surface area contributed by atoms with Gasteiger partial charge in [0, 0.05) is 7.05 Å². The first-order chi connectivity index (χ1) is 15.2. The van der Waals surface area contributed by atoms with Gasteiger partial charge in [-0.1, -0.05) is 72.8 Å². The minimum Gasteiger partial charge on any atom is -0.331 e. The third-order valence-corrected chi connectivity index (χ3v) is 6.94. The number of aromatic nitrogens is 2. The van der Waals surface area contributed by atoms with Crippen LogP contribution in [0.5, 0.6) is 0 Å². The number of hydrogen-bond donors (Lipinski definition) is 0. The Balaban J connectivity index is 1.63. The van der Waals surface area contributed by atoms with E-state index < -0.39 is 0 Å². The summed E-state index contributed by atoms with van der Waals surface area (Å²) >= 11 is 0. The van der Waals surface area contributed by atoms with Gasteiger partial charge in [-0.25, -0.2) is 4.98 Å². The number of imidazole rings is 1. The van der Waals surface area contributed by atoms with E-state index in [2.05, 4.69) is 103 Å². The number of fused-ring (bicyclic) bond motifs is 3. The minimum absolute atomic E-state index is 1.04. The van der Waals surface area contributed by atoms with E-state index in [9.17, 15) is 0 Å². The summed E-state index contributed by atoms with van der Waals surface area (Å²) in [5.41, 5.74) is 4.70. The maximum atomic E-state index is 4.76. The molecule has 0 bridgehead atoms. The molecule has 0 N–H and O–H groups in total. The second-order valence-electron chi connectivity index (χ2n) is 8.52. The average Bonchev–Trinajstić information content (AvgIpc) is 3.09. The van der Waals surface area contributed by atoms with Gasteiger partial charge < -0.3 is 4.57 Å². The number of rotatable bonds is 1. The lowest BCUT2D eigenvalue weighted by atomic mass is 9.87. The smallest absolute Gasteiger partial charge is 0.106 e. The maximum absolute atomic E-state index is 4.76. The molecular formula is C29H20N2. The molecule has 7 rings (SSSR count). The van der Waals surface area contributed by atoms with Crippen molar-refractivity contribution in [2.24, 2.45) is 7.05 Å². The van der Waals surface area contributed by atoms with Gasteiger partial charge in [-0.3, -0.25) is 0 Å². The molecule has 0 aliphatic carbocycles. The molecule has 7 aromatic rings. The summed E-state index contributed by atoms with van der Waals surface area (Å²) in [4.78, 5) is 4.76. The molecule has 0 amide bonds. The predicted octanol–water partition coefficient (Wildman–Crippen LogP) is 7.60. The van der Waals surface area contributed by atoms with E-state index in [0.29, 0.717) is 0 Å². The Labute approximate surface area is 179 Å². The van der Waals surface area contributed by atoms with Crippen LogP contribution in [-0.2, 0) is 7.05 Å². The molecule has 0 aliphatic heterocycles. The Hall–Kier alpha value is -3.91. The molecule has 0 atom stereocenters. The van der Waals surface area contributed by atoms with Crippen molar-refractivity contribution < 1.29 is 0 Å². The van der Waals surface area contributed by atoms with E-state index in [4.69, 9.17) is 4.98 Å². The summed E-state index contributed by atoms with van der Waals surface area (Å²) in [6, 6.07) is 31.3. The van der Waals surface area contributed by atoms with Gasteiger partial charge in [-0.2, -0.15) is 0 Å². The molecule has 0 fully saturated rings. The van der Waals surface area contributed by atoms with Crippen molar-refractivity contribution in [1.29, 1.82) is 0 Å². The van der Waals surface area contributed by atoms with Crippen LogP contribution in [0.15, 0.2) is 84.9 Å². The van der Waals surface area contributed by atoms with Crippen molar-refractivity contribution in [3.63, 3.8) is 0 Å². The molecule has 31 heavy (non-hydrogen) atoms. The highest BCUT2D eigenvalue weighted by atomic mass is 15.0. The molecule has 1 heterocycles. The van der Waals surface area contributed by atoms with E-state index in [1.807, 2.05) is 0 Å². The first-order valence-electron chi connectivity index (χ1n) is 10.7. The zero-order valence-electron chi connectivity index (χ0n) is 17.5. The number of benzene rings is 6. The second-order valence-corrected chi connectivity index (χ2v) is 8.52. The van der Waals surface area contributed by atoms with E-state index in [1.165, 1.54) is 59.7 Å². The number of aryl methyl sites for hydroxylation is 2. The fourth-order valence-corrected chi connectivity index (χ4v) is 5.39. The van der Waals surface area contributed by atoms with Crippen LogP contribution in [0, 0.1) is 6.92 Å². The van der Waals surface area contributed by atoms with Gasteiger partial charge >= 0.3 is 0 Å². The van der Waals surface area contributed by atoms with Crippen molar-refractivity contribution >= 4 is 54.1 Å². The van der Waals surface area contributed by atoms with Crippen LogP contribution in [0.1, 0.15) is 5.82 Å². The Kier molecular flexibility index (Phi) is 3.17. The molecule has 2 nitrogen and oxygen atoms in total. The maximum Gasteiger partial charge on any atom is 0.106 e. The summed E-state index contributed by atoms with van der Waals surface area (Å²) in [5, 5.41) is 10.6. The molecule has 146 valence electrons. The summed E-state index contributed by atoms with van der Waals surface area (Å²) in [7, 11) is 2.07. The molecule has 1 aromatic heterocycles. The lowest BCUT2D eigenvalue weighted by molar-refractivity contribution is 0.886. The zero-order valence-corrected chi connectivity index (χ0v) is 17.5. The summed E-state index contributed by atoms with van der Waals surface area (Å²) in [5.74, 6) is 1.04. The fourth-order valence-electron chi connectivity index (χ4n) is 5.39. The molecule has 6 aromatic carbocycles. The van der Waals surface area contributed by atoms with Crippen molar-refractivity contribution in [2.45, 2.75) is 6.92 Å². The quantitative estimate of drug-likeness (QED) is 0.206. The van der Waals surface area contributed by atoms with E-state index in [-0.39, 0.29) is 0 Å². The Bertz CT molecular complexity index is 1750. The van der Waals surface area contributed by atoms with Crippen LogP contribution in [-0.4, -0.2) is 9.55 Å². The fraction of sp³-hybridized carbons (Fsp3) is 0.0690. The Morgan fingerprint density at radius 2 is 1.29 bits per heavy atom. The van der Waals surface area contributed by atoms with Gasteiger partial charge in [0.1, 0.15) is 5.82 Å². The Morgan fingerprint density at radius 1 is 0.645 bits per heavy atom. The molecule has 0 radical (unpaired) electrons. The minimum atomic E-state index is 1.04. The predicted molar refractivity (Wildman–Crippen MR) is 132 cm³/mol. The van der Waals surface area contributed by atoms with Crippen molar-refractivity contribution in [1.82, 2.24) is 9.55 Å². The average molecular weight is 396 g/mol. The summed E-state index contributed by atoms with van der Waals surface area (Å²) in [6.07, 6.45) is 0. The van der Waals surface area contributed by atoms with Crippen LogP contribution in [0.3, 0.4) is 0 Å².